The topological polar surface area (TPSA) is 98.3 Å². The van der Waals surface area contributed by atoms with E-state index in [2.05, 4.69) is 20.7 Å². The van der Waals surface area contributed by atoms with E-state index < -0.39 is 11.4 Å². The summed E-state index contributed by atoms with van der Waals surface area (Å²) in [7, 11) is 1.78. The highest BCUT2D eigenvalue weighted by Gasteiger charge is 2.25. The molecule has 9 heteroatoms. The number of nitriles is 1. The minimum absolute atomic E-state index is 0. The first kappa shape index (κ1) is 22.9. The van der Waals surface area contributed by atoms with Crippen molar-refractivity contribution in [3.05, 3.63) is 53.1 Å². The van der Waals surface area contributed by atoms with Crippen LogP contribution in [0.5, 0.6) is 0 Å². The Bertz CT molecular complexity index is 827. The molecule has 0 aliphatic carbocycles. The lowest BCUT2D eigenvalue weighted by atomic mass is 10.00. The smallest absolute Gasteiger partial charge is 0.191 e. The summed E-state index contributed by atoms with van der Waals surface area (Å²) in [6.07, 6.45) is 3.36. The molecular formula is C18H24FIN6O. The van der Waals surface area contributed by atoms with Gasteiger partial charge in [-0.25, -0.2) is 9.38 Å². The number of nitrogens with zero attached hydrogens (tertiary/aromatic N) is 4. The molecule has 0 bridgehead atoms. The van der Waals surface area contributed by atoms with Gasteiger partial charge in [0, 0.05) is 30.9 Å². The highest BCUT2D eigenvalue weighted by Crippen LogP contribution is 2.18. The van der Waals surface area contributed by atoms with Crippen molar-refractivity contribution in [3.63, 3.8) is 0 Å². The standard InChI is InChI=1S/C18H23FN6O.HI/c1-4-21-17(22-9-14-6-5-13(8-20)7-16(14)19)23-12-18(2,26)15-10-24-25(3)11-15;/h5-7,10-11,26H,4,9,12H2,1-3H3,(H2,21,22,23);1H. The summed E-state index contributed by atoms with van der Waals surface area (Å²) in [6, 6.07) is 6.20. The van der Waals surface area contributed by atoms with Crippen LogP contribution in [0.15, 0.2) is 35.6 Å². The van der Waals surface area contributed by atoms with Gasteiger partial charge in [0.15, 0.2) is 5.96 Å². The second-order valence-corrected chi connectivity index (χ2v) is 6.14. The first-order valence-corrected chi connectivity index (χ1v) is 8.28. The van der Waals surface area contributed by atoms with E-state index in [1.54, 1.807) is 43.2 Å². The van der Waals surface area contributed by atoms with Gasteiger partial charge in [-0.05, 0) is 26.0 Å². The van der Waals surface area contributed by atoms with Crippen LogP contribution in [0.2, 0.25) is 0 Å². The molecule has 1 unspecified atom stereocenters. The van der Waals surface area contributed by atoms with Gasteiger partial charge in [-0.3, -0.25) is 4.68 Å². The second-order valence-electron chi connectivity index (χ2n) is 6.14. The number of halogens is 2. The van der Waals surface area contributed by atoms with Crippen LogP contribution >= 0.6 is 24.0 Å². The lowest BCUT2D eigenvalue weighted by molar-refractivity contribution is 0.0616. The quantitative estimate of drug-likeness (QED) is 0.330. The summed E-state index contributed by atoms with van der Waals surface area (Å²) in [5.74, 6) is -0.00794. The lowest BCUT2D eigenvalue weighted by Gasteiger charge is -2.23. The summed E-state index contributed by atoms with van der Waals surface area (Å²) in [5.41, 5.74) is 0.207. The molecule has 1 aromatic carbocycles. The Labute approximate surface area is 175 Å². The molecule has 0 amide bonds. The number of aromatic nitrogens is 2. The molecule has 1 atom stereocenters. The molecule has 0 fully saturated rings. The fraction of sp³-hybridized carbons (Fsp3) is 0.389. The summed E-state index contributed by atoms with van der Waals surface area (Å²) in [5, 5.41) is 29.6. The Morgan fingerprint density at radius 1 is 1.44 bits per heavy atom. The van der Waals surface area contributed by atoms with Crippen molar-refractivity contribution in [2.24, 2.45) is 12.0 Å². The second kappa shape index (κ2) is 10.2. The van der Waals surface area contributed by atoms with E-state index in [1.165, 1.54) is 6.07 Å². The van der Waals surface area contributed by atoms with Gasteiger partial charge in [-0.2, -0.15) is 10.4 Å². The molecule has 0 spiro atoms. The van der Waals surface area contributed by atoms with E-state index >= 15 is 0 Å². The number of aliphatic hydroxyl groups is 1. The molecule has 0 saturated heterocycles. The lowest BCUT2D eigenvalue weighted by Crippen LogP contribution is -2.44. The Morgan fingerprint density at radius 3 is 2.74 bits per heavy atom. The van der Waals surface area contributed by atoms with Gasteiger partial charge >= 0.3 is 0 Å². The Hall–Kier alpha value is -2.19. The van der Waals surface area contributed by atoms with Crippen LogP contribution in [-0.4, -0.2) is 33.9 Å². The molecule has 27 heavy (non-hydrogen) atoms. The van der Waals surface area contributed by atoms with E-state index in [0.29, 0.717) is 23.6 Å². The van der Waals surface area contributed by atoms with Crippen molar-refractivity contribution in [1.82, 2.24) is 20.4 Å². The average Bonchev–Trinajstić information content (AvgIpc) is 3.05. The minimum Gasteiger partial charge on any atom is -0.383 e. The monoisotopic (exact) mass is 486 g/mol. The maximum absolute atomic E-state index is 14.0. The first-order valence-electron chi connectivity index (χ1n) is 8.28. The fourth-order valence-electron chi connectivity index (χ4n) is 2.31. The molecule has 0 aliphatic rings. The summed E-state index contributed by atoms with van der Waals surface area (Å²) >= 11 is 0. The van der Waals surface area contributed by atoms with E-state index in [-0.39, 0.29) is 42.6 Å². The highest BCUT2D eigenvalue weighted by atomic mass is 127. The van der Waals surface area contributed by atoms with E-state index in [4.69, 9.17) is 5.26 Å². The predicted molar refractivity (Wildman–Crippen MR) is 112 cm³/mol. The zero-order chi connectivity index (χ0) is 19.2. The molecule has 0 saturated carbocycles. The molecule has 1 heterocycles. The molecule has 2 aromatic rings. The molecule has 0 radical (unpaired) electrons. The molecule has 146 valence electrons. The van der Waals surface area contributed by atoms with Crippen LogP contribution in [0.1, 0.15) is 30.5 Å². The highest BCUT2D eigenvalue weighted by molar-refractivity contribution is 14.0. The number of hydrogen-bond acceptors (Lipinski definition) is 4. The average molecular weight is 486 g/mol. The zero-order valence-corrected chi connectivity index (χ0v) is 17.9. The van der Waals surface area contributed by atoms with Crippen LogP contribution in [0, 0.1) is 17.1 Å². The van der Waals surface area contributed by atoms with Gasteiger partial charge < -0.3 is 15.7 Å². The van der Waals surface area contributed by atoms with Crippen molar-refractivity contribution < 1.29 is 9.50 Å². The van der Waals surface area contributed by atoms with Crippen molar-refractivity contribution in [2.45, 2.75) is 26.0 Å². The maximum Gasteiger partial charge on any atom is 0.191 e. The summed E-state index contributed by atoms with van der Waals surface area (Å²) in [4.78, 5) is 4.34. The number of hydrogen-bond donors (Lipinski definition) is 3. The van der Waals surface area contributed by atoms with Gasteiger partial charge in [-0.15, -0.1) is 24.0 Å². The van der Waals surface area contributed by atoms with Gasteiger partial charge in [0.05, 0.1) is 30.9 Å². The normalized spacial score (nSPS) is 13.3. The van der Waals surface area contributed by atoms with Gasteiger partial charge in [0.2, 0.25) is 0 Å². The van der Waals surface area contributed by atoms with Gasteiger partial charge in [0.25, 0.3) is 0 Å². The number of aryl methyl sites for hydroxylation is 1. The Kier molecular flexibility index (Phi) is 8.65. The molecule has 3 N–H and O–H groups in total. The van der Waals surface area contributed by atoms with Crippen LogP contribution in [0.25, 0.3) is 0 Å². The Balaban J connectivity index is 0.00000364. The number of rotatable bonds is 6. The molecule has 1 aromatic heterocycles. The summed E-state index contributed by atoms with van der Waals surface area (Å²) in [6.45, 7) is 4.54. The van der Waals surface area contributed by atoms with Gasteiger partial charge in [0.1, 0.15) is 11.4 Å². The largest absolute Gasteiger partial charge is 0.383 e. The first-order chi connectivity index (χ1) is 12.4. The van der Waals surface area contributed by atoms with Gasteiger partial charge in [-0.1, -0.05) is 6.07 Å². The Morgan fingerprint density at radius 2 is 2.19 bits per heavy atom. The third kappa shape index (κ3) is 6.48. The van der Waals surface area contributed by atoms with E-state index in [0.717, 1.165) is 0 Å². The third-order valence-corrected chi connectivity index (χ3v) is 3.86. The fourth-order valence-corrected chi connectivity index (χ4v) is 2.31. The van der Waals surface area contributed by atoms with Crippen molar-refractivity contribution >= 4 is 29.9 Å². The molecule has 7 nitrogen and oxygen atoms in total. The summed E-state index contributed by atoms with van der Waals surface area (Å²) < 4.78 is 15.6. The number of nitrogens with one attached hydrogen (secondary N) is 2. The molecule has 0 aliphatic heterocycles. The van der Waals surface area contributed by atoms with Crippen molar-refractivity contribution in [1.29, 1.82) is 5.26 Å². The van der Waals surface area contributed by atoms with Crippen LogP contribution in [0.3, 0.4) is 0 Å². The SMILES string of the molecule is CCNC(=NCc1ccc(C#N)cc1F)NCC(C)(O)c1cnn(C)c1.I. The van der Waals surface area contributed by atoms with Crippen LogP contribution in [0.4, 0.5) is 4.39 Å². The van der Waals surface area contributed by atoms with Crippen LogP contribution < -0.4 is 10.6 Å². The molecular weight excluding hydrogens is 462 g/mol. The zero-order valence-electron chi connectivity index (χ0n) is 15.5. The minimum atomic E-state index is -1.13. The maximum atomic E-state index is 14.0. The predicted octanol–water partition coefficient (Wildman–Crippen LogP) is 2.01. The van der Waals surface area contributed by atoms with E-state index in [1.807, 2.05) is 13.0 Å². The van der Waals surface area contributed by atoms with Crippen molar-refractivity contribution in [2.75, 3.05) is 13.1 Å². The van der Waals surface area contributed by atoms with E-state index in [9.17, 15) is 9.50 Å². The van der Waals surface area contributed by atoms with Crippen LogP contribution in [-0.2, 0) is 19.2 Å². The van der Waals surface area contributed by atoms with Crippen molar-refractivity contribution in [3.8, 4) is 6.07 Å². The number of benzene rings is 1. The molecule has 2 rings (SSSR count). The number of guanidine groups is 1. The number of aliphatic imine (C=N–C) groups is 1. The third-order valence-electron chi connectivity index (χ3n) is 3.86.